The van der Waals surface area contributed by atoms with Gasteiger partial charge in [-0.3, -0.25) is 4.79 Å². The second kappa shape index (κ2) is 5.60. The van der Waals surface area contributed by atoms with Gasteiger partial charge in [0.2, 0.25) is 5.95 Å². The Morgan fingerprint density at radius 1 is 1.33 bits per heavy atom. The molecule has 0 aliphatic heterocycles. The molecular formula is C11H12F3NO2S. The van der Waals surface area contributed by atoms with E-state index in [4.69, 9.17) is 4.74 Å². The summed E-state index contributed by atoms with van der Waals surface area (Å²) < 4.78 is 43.5. The van der Waals surface area contributed by atoms with E-state index in [2.05, 4.69) is 4.98 Å². The van der Waals surface area contributed by atoms with Gasteiger partial charge in [0.15, 0.2) is 11.6 Å². The van der Waals surface area contributed by atoms with Crippen molar-refractivity contribution in [2.75, 3.05) is 5.75 Å². The molecule has 0 amide bonds. The highest BCUT2D eigenvalue weighted by atomic mass is 32.2. The van der Waals surface area contributed by atoms with Crippen LogP contribution in [0.5, 0.6) is 0 Å². The fourth-order valence-electron chi connectivity index (χ4n) is 1.03. The normalized spacial score (nSPS) is 11.4. The van der Waals surface area contributed by atoms with E-state index >= 15 is 0 Å². The van der Waals surface area contributed by atoms with E-state index in [0.717, 1.165) is 0 Å². The Balaban J connectivity index is 2.64. The lowest BCUT2D eigenvalue weighted by Gasteiger charge is -2.19. The van der Waals surface area contributed by atoms with Crippen LogP contribution >= 0.6 is 11.8 Å². The third-order valence-corrected chi connectivity index (χ3v) is 2.54. The van der Waals surface area contributed by atoms with Crippen molar-refractivity contribution >= 4 is 17.7 Å². The molecule has 0 spiro atoms. The van der Waals surface area contributed by atoms with Crippen LogP contribution < -0.4 is 0 Å². The maximum absolute atomic E-state index is 13.2. The summed E-state index contributed by atoms with van der Waals surface area (Å²) in [4.78, 5) is 14.4. The molecule has 0 unspecified atom stereocenters. The molecule has 1 aromatic rings. The van der Waals surface area contributed by atoms with Crippen molar-refractivity contribution in [2.24, 2.45) is 0 Å². The van der Waals surface area contributed by atoms with E-state index in [0.29, 0.717) is 17.8 Å². The SMILES string of the molecule is CC(C)(C)OC(=O)CSc1nc(F)c(F)cc1F. The highest BCUT2D eigenvalue weighted by molar-refractivity contribution is 7.99. The molecule has 0 saturated heterocycles. The Kier molecular flexibility index (Phi) is 4.61. The largest absolute Gasteiger partial charge is 0.459 e. The molecule has 18 heavy (non-hydrogen) atoms. The standard InChI is InChI=1S/C11H12F3NO2S/c1-11(2,3)17-8(16)5-18-10-7(13)4-6(12)9(14)15-10/h4H,5H2,1-3H3. The summed E-state index contributed by atoms with van der Waals surface area (Å²) in [5.41, 5.74) is -0.655. The van der Waals surface area contributed by atoms with E-state index in [1.807, 2.05) is 0 Å². The molecule has 0 saturated carbocycles. The quantitative estimate of drug-likeness (QED) is 0.484. The first-order chi connectivity index (χ1) is 8.19. The number of aromatic nitrogens is 1. The van der Waals surface area contributed by atoms with Crippen LogP contribution in [0.4, 0.5) is 13.2 Å². The Bertz CT molecular complexity index is 460. The minimum Gasteiger partial charge on any atom is -0.459 e. The van der Waals surface area contributed by atoms with E-state index < -0.39 is 29.2 Å². The number of ether oxygens (including phenoxy) is 1. The topological polar surface area (TPSA) is 39.2 Å². The lowest BCUT2D eigenvalue weighted by Crippen LogP contribution is -2.25. The van der Waals surface area contributed by atoms with Crippen molar-refractivity contribution in [1.29, 1.82) is 0 Å². The molecule has 0 fully saturated rings. The number of carbonyl (C=O) groups is 1. The maximum atomic E-state index is 13.2. The summed E-state index contributed by atoms with van der Waals surface area (Å²) in [6.07, 6.45) is 0. The molecule has 0 bridgehead atoms. The van der Waals surface area contributed by atoms with Crippen LogP contribution in [-0.2, 0) is 9.53 Å². The van der Waals surface area contributed by atoms with Crippen molar-refractivity contribution in [2.45, 2.75) is 31.4 Å². The highest BCUT2D eigenvalue weighted by Crippen LogP contribution is 2.21. The van der Waals surface area contributed by atoms with Crippen molar-refractivity contribution in [3.63, 3.8) is 0 Å². The third kappa shape index (κ3) is 4.56. The van der Waals surface area contributed by atoms with Crippen molar-refractivity contribution < 1.29 is 22.7 Å². The van der Waals surface area contributed by atoms with Gasteiger partial charge in [-0.1, -0.05) is 11.8 Å². The first-order valence-electron chi connectivity index (χ1n) is 5.05. The van der Waals surface area contributed by atoms with Gasteiger partial charge in [-0.05, 0) is 20.8 Å². The Hall–Kier alpha value is -1.24. The molecule has 0 radical (unpaired) electrons. The summed E-state index contributed by atoms with van der Waals surface area (Å²) in [6, 6.07) is 0.389. The van der Waals surface area contributed by atoms with Gasteiger partial charge >= 0.3 is 5.97 Å². The summed E-state index contributed by atoms with van der Waals surface area (Å²) in [6.45, 7) is 5.06. The van der Waals surface area contributed by atoms with E-state index in [1.165, 1.54) is 0 Å². The van der Waals surface area contributed by atoms with Gasteiger partial charge in [-0.25, -0.2) is 13.8 Å². The third-order valence-electron chi connectivity index (χ3n) is 1.60. The number of hydrogen-bond acceptors (Lipinski definition) is 4. The molecule has 1 aromatic heterocycles. The minimum atomic E-state index is -1.40. The van der Waals surface area contributed by atoms with Gasteiger partial charge in [-0.2, -0.15) is 4.39 Å². The molecule has 0 aliphatic carbocycles. The van der Waals surface area contributed by atoms with Gasteiger partial charge in [0.25, 0.3) is 0 Å². The average Bonchev–Trinajstić information content (AvgIpc) is 2.19. The van der Waals surface area contributed by atoms with Crippen molar-refractivity contribution in [3.05, 3.63) is 23.6 Å². The van der Waals surface area contributed by atoms with E-state index in [-0.39, 0.29) is 10.8 Å². The van der Waals surface area contributed by atoms with Crippen LogP contribution in [0.25, 0.3) is 0 Å². The zero-order valence-electron chi connectivity index (χ0n) is 10.1. The van der Waals surface area contributed by atoms with Crippen molar-refractivity contribution in [1.82, 2.24) is 4.98 Å². The predicted octanol–water partition coefficient (Wildman–Crippen LogP) is 2.93. The number of carbonyl (C=O) groups excluding carboxylic acids is 1. The van der Waals surface area contributed by atoms with Gasteiger partial charge < -0.3 is 4.74 Å². The van der Waals surface area contributed by atoms with Crippen LogP contribution in [0.1, 0.15) is 20.8 Å². The first kappa shape index (κ1) is 14.8. The highest BCUT2D eigenvalue weighted by Gasteiger charge is 2.18. The molecule has 1 rings (SSSR count). The van der Waals surface area contributed by atoms with Gasteiger partial charge in [0.1, 0.15) is 10.6 Å². The molecule has 0 N–H and O–H groups in total. The van der Waals surface area contributed by atoms with Gasteiger partial charge in [0.05, 0.1) is 5.75 Å². The zero-order valence-corrected chi connectivity index (χ0v) is 10.9. The van der Waals surface area contributed by atoms with Gasteiger partial charge in [0, 0.05) is 6.07 Å². The van der Waals surface area contributed by atoms with Crippen LogP contribution in [0, 0.1) is 17.6 Å². The fraction of sp³-hybridized carbons (Fsp3) is 0.455. The van der Waals surface area contributed by atoms with Crippen LogP contribution in [0.15, 0.2) is 11.1 Å². The predicted molar refractivity (Wildman–Crippen MR) is 60.7 cm³/mol. The molecule has 100 valence electrons. The average molecular weight is 279 g/mol. The Morgan fingerprint density at radius 2 is 1.94 bits per heavy atom. The smallest absolute Gasteiger partial charge is 0.316 e. The Morgan fingerprint density at radius 3 is 2.50 bits per heavy atom. The number of esters is 1. The first-order valence-corrected chi connectivity index (χ1v) is 6.04. The summed E-state index contributed by atoms with van der Waals surface area (Å²) >= 11 is 0.651. The molecular weight excluding hydrogens is 267 g/mol. The molecule has 3 nitrogen and oxygen atoms in total. The molecule has 1 heterocycles. The summed E-state index contributed by atoms with van der Waals surface area (Å²) in [5.74, 6) is -4.59. The monoisotopic (exact) mass is 279 g/mol. The number of pyridine rings is 1. The van der Waals surface area contributed by atoms with E-state index in [1.54, 1.807) is 20.8 Å². The lowest BCUT2D eigenvalue weighted by atomic mass is 10.2. The van der Waals surface area contributed by atoms with Crippen LogP contribution in [0.2, 0.25) is 0 Å². The second-order valence-electron chi connectivity index (χ2n) is 4.42. The summed E-state index contributed by atoms with van der Waals surface area (Å²) in [7, 11) is 0. The van der Waals surface area contributed by atoms with Crippen LogP contribution in [0.3, 0.4) is 0 Å². The number of halogens is 3. The maximum Gasteiger partial charge on any atom is 0.316 e. The number of rotatable bonds is 3. The van der Waals surface area contributed by atoms with Crippen molar-refractivity contribution in [3.8, 4) is 0 Å². The lowest BCUT2D eigenvalue weighted by molar-refractivity contribution is -0.151. The molecule has 7 heteroatoms. The fourth-order valence-corrected chi connectivity index (χ4v) is 1.68. The molecule has 0 aromatic carbocycles. The van der Waals surface area contributed by atoms with Crippen LogP contribution in [-0.4, -0.2) is 22.3 Å². The minimum absolute atomic E-state index is 0.230. The number of thioether (sulfide) groups is 1. The number of hydrogen-bond donors (Lipinski definition) is 0. The molecule has 0 atom stereocenters. The Labute approximate surface area is 107 Å². The van der Waals surface area contributed by atoms with Gasteiger partial charge in [-0.15, -0.1) is 0 Å². The number of nitrogens with zero attached hydrogens (tertiary/aromatic N) is 1. The second-order valence-corrected chi connectivity index (χ2v) is 5.39. The zero-order chi connectivity index (χ0) is 13.9. The summed E-state index contributed by atoms with van der Waals surface area (Å²) in [5, 5.41) is -0.375. The van der Waals surface area contributed by atoms with E-state index in [9.17, 15) is 18.0 Å². The molecule has 0 aliphatic rings.